The monoisotopic (exact) mass is 277 g/mol. The molecular weight excluding hydrogens is 258 g/mol. The van der Waals surface area contributed by atoms with Crippen LogP contribution in [-0.2, 0) is 0 Å². The molecule has 0 aliphatic rings. The molecule has 0 radical (unpaired) electrons. The van der Waals surface area contributed by atoms with Crippen molar-refractivity contribution in [1.29, 1.82) is 0 Å². The van der Waals surface area contributed by atoms with Gasteiger partial charge in [0.15, 0.2) is 11.6 Å². The number of aromatic nitrogens is 4. The van der Waals surface area contributed by atoms with Gasteiger partial charge in [-0.25, -0.2) is 4.68 Å². The third kappa shape index (κ3) is 3.12. The summed E-state index contributed by atoms with van der Waals surface area (Å²) in [6, 6.07) is 5.60. The van der Waals surface area contributed by atoms with Gasteiger partial charge in [0.25, 0.3) is 0 Å². The minimum Gasteiger partial charge on any atom is -0.395 e. The van der Waals surface area contributed by atoms with Gasteiger partial charge in [-0.1, -0.05) is 0 Å². The van der Waals surface area contributed by atoms with Gasteiger partial charge in [0, 0.05) is 18.8 Å². The molecule has 0 bridgehead atoms. The van der Waals surface area contributed by atoms with E-state index >= 15 is 0 Å². The van der Waals surface area contributed by atoms with Crippen molar-refractivity contribution < 1.29 is 10.2 Å². The summed E-state index contributed by atoms with van der Waals surface area (Å²) in [5, 5.41) is 30.7. The Hall–Kier alpha value is -1.99. The predicted molar refractivity (Wildman–Crippen MR) is 75.0 cm³/mol. The summed E-state index contributed by atoms with van der Waals surface area (Å²) >= 11 is 0. The molecule has 108 valence electrons. The first-order valence-electron chi connectivity index (χ1n) is 6.49. The van der Waals surface area contributed by atoms with Crippen molar-refractivity contribution in [2.75, 3.05) is 31.2 Å². The van der Waals surface area contributed by atoms with Crippen molar-refractivity contribution in [2.45, 2.75) is 13.8 Å². The Kier molecular flexibility index (Phi) is 4.65. The third-order valence-corrected chi connectivity index (χ3v) is 2.93. The molecule has 2 N–H and O–H groups in total. The fraction of sp³-hybridized carbons (Fsp3) is 0.462. The van der Waals surface area contributed by atoms with Crippen molar-refractivity contribution >= 4 is 5.82 Å². The highest BCUT2D eigenvalue weighted by atomic mass is 16.3. The second-order valence-electron chi connectivity index (χ2n) is 4.52. The van der Waals surface area contributed by atoms with E-state index in [2.05, 4.69) is 15.3 Å². The maximum absolute atomic E-state index is 9.01. The SMILES string of the molecule is Cc1cc(C)n(-c2ccc(N(CCO)CCO)nn2)n1. The van der Waals surface area contributed by atoms with E-state index in [1.54, 1.807) is 9.58 Å². The Morgan fingerprint density at radius 3 is 2.25 bits per heavy atom. The lowest BCUT2D eigenvalue weighted by Gasteiger charge is -2.20. The third-order valence-electron chi connectivity index (χ3n) is 2.93. The van der Waals surface area contributed by atoms with E-state index in [4.69, 9.17) is 10.2 Å². The van der Waals surface area contributed by atoms with Gasteiger partial charge >= 0.3 is 0 Å². The first-order chi connectivity index (χ1) is 9.65. The molecule has 2 aromatic rings. The average Bonchev–Trinajstić information content (AvgIpc) is 2.78. The molecule has 0 atom stereocenters. The largest absolute Gasteiger partial charge is 0.395 e. The standard InChI is InChI=1S/C13H19N5O2/c1-10-9-11(2)18(16-10)13-4-3-12(14-15-13)17(5-7-19)6-8-20/h3-4,9,19-20H,5-8H2,1-2H3. The van der Waals surface area contributed by atoms with Crippen LogP contribution in [0.25, 0.3) is 5.82 Å². The number of rotatable bonds is 6. The van der Waals surface area contributed by atoms with Gasteiger partial charge in [0.1, 0.15) is 0 Å². The highest BCUT2D eigenvalue weighted by Crippen LogP contribution is 2.13. The molecule has 0 spiro atoms. The van der Waals surface area contributed by atoms with Crippen LogP contribution in [0.2, 0.25) is 0 Å². The van der Waals surface area contributed by atoms with Crippen LogP contribution in [0.5, 0.6) is 0 Å². The molecule has 0 saturated heterocycles. The average molecular weight is 277 g/mol. The van der Waals surface area contributed by atoms with Crippen molar-refractivity contribution in [1.82, 2.24) is 20.0 Å². The number of aliphatic hydroxyl groups is 2. The van der Waals surface area contributed by atoms with E-state index < -0.39 is 0 Å². The Morgan fingerprint density at radius 1 is 1.10 bits per heavy atom. The van der Waals surface area contributed by atoms with E-state index in [1.165, 1.54) is 0 Å². The fourth-order valence-corrected chi connectivity index (χ4v) is 2.04. The quantitative estimate of drug-likeness (QED) is 0.777. The summed E-state index contributed by atoms with van der Waals surface area (Å²) in [4.78, 5) is 1.78. The highest BCUT2D eigenvalue weighted by Gasteiger charge is 2.10. The molecule has 2 heterocycles. The summed E-state index contributed by atoms with van der Waals surface area (Å²) in [6.07, 6.45) is 0. The van der Waals surface area contributed by atoms with Crippen molar-refractivity contribution in [3.63, 3.8) is 0 Å². The molecule has 7 heteroatoms. The summed E-state index contributed by atoms with van der Waals surface area (Å²) in [7, 11) is 0. The number of nitrogens with zero attached hydrogens (tertiary/aromatic N) is 5. The predicted octanol–water partition coefficient (Wildman–Crippen LogP) is 0.0701. The lowest BCUT2D eigenvalue weighted by molar-refractivity contribution is 0.280. The summed E-state index contributed by atoms with van der Waals surface area (Å²) in [5.74, 6) is 1.27. The Labute approximate surface area is 117 Å². The Bertz CT molecular complexity index is 546. The molecule has 2 aromatic heterocycles. The van der Waals surface area contributed by atoms with E-state index in [9.17, 15) is 0 Å². The highest BCUT2D eigenvalue weighted by molar-refractivity contribution is 5.40. The van der Waals surface area contributed by atoms with E-state index in [1.807, 2.05) is 32.0 Å². The van der Waals surface area contributed by atoms with Crippen molar-refractivity contribution in [2.24, 2.45) is 0 Å². The van der Waals surface area contributed by atoms with Crippen LogP contribution in [0, 0.1) is 13.8 Å². The van der Waals surface area contributed by atoms with Gasteiger partial charge in [-0.2, -0.15) is 5.10 Å². The first-order valence-corrected chi connectivity index (χ1v) is 6.49. The second kappa shape index (κ2) is 6.44. The molecule has 0 unspecified atom stereocenters. The number of aryl methyl sites for hydroxylation is 2. The molecule has 2 rings (SSSR count). The lowest BCUT2D eigenvalue weighted by Crippen LogP contribution is -2.30. The van der Waals surface area contributed by atoms with Crippen LogP contribution in [0.1, 0.15) is 11.4 Å². The van der Waals surface area contributed by atoms with Crippen LogP contribution in [0.3, 0.4) is 0 Å². The zero-order valence-electron chi connectivity index (χ0n) is 11.7. The molecule has 0 amide bonds. The van der Waals surface area contributed by atoms with Crippen LogP contribution in [0.15, 0.2) is 18.2 Å². The number of hydrogen-bond acceptors (Lipinski definition) is 6. The Morgan fingerprint density at radius 2 is 1.80 bits per heavy atom. The van der Waals surface area contributed by atoms with Gasteiger partial charge in [0.05, 0.1) is 18.9 Å². The van der Waals surface area contributed by atoms with Gasteiger partial charge in [-0.15, -0.1) is 10.2 Å². The molecule has 0 aromatic carbocycles. The van der Waals surface area contributed by atoms with Crippen LogP contribution >= 0.6 is 0 Å². The molecule has 0 aliphatic carbocycles. The lowest BCUT2D eigenvalue weighted by atomic mass is 10.4. The van der Waals surface area contributed by atoms with Crippen LogP contribution < -0.4 is 4.90 Å². The summed E-state index contributed by atoms with van der Waals surface area (Å²) < 4.78 is 1.73. The summed E-state index contributed by atoms with van der Waals surface area (Å²) in [5.41, 5.74) is 1.92. The second-order valence-corrected chi connectivity index (χ2v) is 4.52. The molecule has 0 saturated carbocycles. The topological polar surface area (TPSA) is 87.3 Å². The molecule has 0 aliphatic heterocycles. The minimum absolute atomic E-state index is 0.000883. The van der Waals surface area contributed by atoms with Gasteiger partial charge in [-0.05, 0) is 32.0 Å². The smallest absolute Gasteiger partial charge is 0.176 e. The molecule has 0 fully saturated rings. The van der Waals surface area contributed by atoms with Gasteiger partial charge < -0.3 is 15.1 Å². The molecular formula is C13H19N5O2. The van der Waals surface area contributed by atoms with E-state index in [0.29, 0.717) is 24.7 Å². The molecule has 7 nitrogen and oxygen atoms in total. The van der Waals surface area contributed by atoms with Crippen LogP contribution in [-0.4, -0.2) is 56.5 Å². The van der Waals surface area contributed by atoms with Gasteiger partial charge in [0.2, 0.25) is 0 Å². The van der Waals surface area contributed by atoms with Crippen LogP contribution in [0.4, 0.5) is 5.82 Å². The van der Waals surface area contributed by atoms with E-state index in [0.717, 1.165) is 11.4 Å². The maximum Gasteiger partial charge on any atom is 0.176 e. The zero-order valence-corrected chi connectivity index (χ0v) is 11.7. The number of hydrogen-bond donors (Lipinski definition) is 2. The van der Waals surface area contributed by atoms with Gasteiger partial charge in [-0.3, -0.25) is 0 Å². The first kappa shape index (κ1) is 14.4. The maximum atomic E-state index is 9.01. The number of anilines is 1. The molecule has 20 heavy (non-hydrogen) atoms. The van der Waals surface area contributed by atoms with E-state index in [-0.39, 0.29) is 13.2 Å². The Balaban J connectivity index is 2.22. The number of aliphatic hydroxyl groups excluding tert-OH is 2. The zero-order chi connectivity index (χ0) is 14.5. The normalized spacial score (nSPS) is 10.8. The van der Waals surface area contributed by atoms with Crippen molar-refractivity contribution in [3.8, 4) is 5.82 Å². The minimum atomic E-state index is 0.000883. The van der Waals surface area contributed by atoms with Crippen molar-refractivity contribution in [3.05, 3.63) is 29.6 Å². The summed E-state index contributed by atoms with van der Waals surface area (Å²) in [6.45, 7) is 4.71. The fourth-order valence-electron chi connectivity index (χ4n) is 2.04.